The number of carbonyl (C=O) groups is 2. The van der Waals surface area contributed by atoms with Crippen molar-refractivity contribution in [2.45, 2.75) is 78.3 Å². The van der Waals surface area contributed by atoms with Crippen LogP contribution in [0, 0.1) is 11.8 Å². The van der Waals surface area contributed by atoms with Crippen molar-refractivity contribution in [3.8, 4) is 0 Å². The van der Waals surface area contributed by atoms with E-state index in [0.29, 0.717) is 24.7 Å². The van der Waals surface area contributed by atoms with E-state index in [1.54, 1.807) is 0 Å². The quantitative estimate of drug-likeness (QED) is 0.546. The molecule has 0 radical (unpaired) electrons. The van der Waals surface area contributed by atoms with Crippen LogP contribution in [0.5, 0.6) is 0 Å². The van der Waals surface area contributed by atoms with Gasteiger partial charge in [-0.3, -0.25) is 9.59 Å². The first-order chi connectivity index (χ1) is 9.76. The first kappa shape index (κ1) is 19.9. The molecule has 0 fully saturated rings. The lowest BCUT2D eigenvalue weighted by Gasteiger charge is -2.23. The van der Waals surface area contributed by atoms with E-state index >= 15 is 0 Å². The van der Waals surface area contributed by atoms with Crippen molar-refractivity contribution >= 4 is 11.9 Å². The molecule has 0 aromatic rings. The van der Waals surface area contributed by atoms with Gasteiger partial charge in [0, 0.05) is 6.04 Å². The Kier molecular flexibility index (Phi) is 10.0. The van der Waals surface area contributed by atoms with E-state index in [1.807, 2.05) is 13.8 Å². The molecule has 0 saturated carbocycles. The van der Waals surface area contributed by atoms with E-state index in [2.05, 4.69) is 19.2 Å². The van der Waals surface area contributed by atoms with Gasteiger partial charge in [0.1, 0.15) is 0 Å². The Morgan fingerprint density at radius 2 is 1.81 bits per heavy atom. The SMILES string of the molecule is CCCC[C@@H](C)C[C@@H](CC(=O)O)NC(=O)[C@@H](N)CC(C)C. The van der Waals surface area contributed by atoms with Crippen LogP contribution in [0.3, 0.4) is 0 Å². The molecule has 1 amide bonds. The summed E-state index contributed by atoms with van der Waals surface area (Å²) >= 11 is 0. The molecule has 3 atom stereocenters. The van der Waals surface area contributed by atoms with Gasteiger partial charge in [-0.2, -0.15) is 0 Å². The summed E-state index contributed by atoms with van der Waals surface area (Å²) in [5, 5.41) is 11.8. The summed E-state index contributed by atoms with van der Waals surface area (Å²) in [6, 6.07) is -0.896. The van der Waals surface area contributed by atoms with Gasteiger partial charge in [0.15, 0.2) is 0 Å². The minimum atomic E-state index is -0.888. The molecule has 0 aromatic carbocycles. The maximum absolute atomic E-state index is 12.0. The molecule has 0 aromatic heterocycles. The fraction of sp³-hybridized carbons (Fsp3) is 0.875. The normalized spacial score (nSPS) is 15.5. The maximum Gasteiger partial charge on any atom is 0.305 e. The predicted octanol–water partition coefficient (Wildman–Crippen LogP) is 2.54. The Hall–Kier alpha value is -1.10. The summed E-state index contributed by atoms with van der Waals surface area (Å²) < 4.78 is 0. The number of carbonyl (C=O) groups excluding carboxylic acids is 1. The molecule has 124 valence electrons. The molecule has 0 spiro atoms. The van der Waals surface area contributed by atoms with Gasteiger partial charge < -0.3 is 16.2 Å². The second kappa shape index (κ2) is 10.6. The van der Waals surface area contributed by atoms with Crippen LogP contribution in [-0.4, -0.2) is 29.1 Å². The molecule has 5 nitrogen and oxygen atoms in total. The summed E-state index contributed by atoms with van der Waals surface area (Å²) in [5.41, 5.74) is 5.85. The number of amides is 1. The van der Waals surface area contributed by atoms with Crippen molar-refractivity contribution in [3.05, 3.63) is 0 Å². The Labute approximate surface area is 128 Å². The highest BCUT2D eigenvalue weighted by Gasteiger charge is 2.22. The van der Waals surface area contributed by atoms with Crippen LogP contribution >= 0.6 is 0 Å². The van der Waals surface area contributed by atoms with Gasteiger partial charge in [0.25, 0.3) is 0 Å². The Morgan fingerprint density at radius 1 is 1.19 bits per heavy atom. The Balaban J connectivity index is 4.46. The number of rotatable bonds is 11. The number of hydrogen-bond donors (Lipinski definition) is 3. The average molecular weight is 300 g/mol. The Morgan fingerprint density at radius 3 is 2.29 bits per heavy atom. The van der Waals surface area contributed by atoms with Gasteiger partial charge in [-0.15, -0.1) is 0 Å². The topological polar surface area (TPSA) is 92.4 Å². The number of aliphatic carboxylic acids is 1. The first-order valence-electron chi connectivity index (χ1n) is 8.03. The zero-order valence-electron chi connectivity index (χ0n) is 13.9. The van der Waals surface area contributed by atoms with Crippen LogP contribution in [0.15, 0.2) is 0 Å². The predicted molar refractivity (Wildman–Crippen MR) is 84.9 cm³/mol. The fourth-order valence-electron chi connectivity index (χ4n) is 2.48. The number of unbranched alkanes of at least 4 members (excludes halogenated alkanes) is 1. The van der Waals surface area contributed by atoms with E-state index in [9.17, 15) is 9.59 Å². The van der Waals surface area contributed by atoms with Crippen molar-refractivity contribution < 1.29 is 14.7 Å². The fourth-order valence-corrected chi connectivity index (χ4v) is 2.48. The standard InChI is InChI=1S/C16H32N2O3/c1-5-6-7-12(4)9-13(10-15(19)20)18-16(21)14(17)8-11(2)3/h11-14H,5-10,17H2,1-4H3,(H,18,21)(H,19,20)/t12-,13+,14+/m1/s1. The average Bonchev–Trinajstić information content (AvgIpc) is 2.34. The highest BCUT2D eigenvalue weighted by molar-refractivity contribution is 5.82. The molecule has 4 N–H and O–H groups in total. The molecular weight excluding hydrogens is 268 g/mol. The van der Waals surface area contributed by atoms with Crippen molar-refractivity contribution in [2.75, 3.05) is 0 Å². The highest BCUT2D eigenvalue weighted by atomic mass is 16.4. The second-order valence-electron chi connectivity index (χ2n) is 6.52. The molecular formula is C16H32N2O3. The Bertz CT molecular complexity index is 319. The molecule has 0 aliphatic carbocycles. The molecule has 0 unspecified atom stereocenters. The van der Waals surface area contributed by atoms with Crippen molar-refractivity contribution in [1.29, 1.82) is 0 Å². The number of hydrogen-bond acceptors (Lipinski definition) is 3. The number of nitrogens with two attached hydrogens (primary N) is 1. The van der Waals surface area contributed by atoms with E-state index in [1.165, 1.54) is 0 Å². The molecule has 0 bridgehead atoms. The van der Waals surface area contributed by atoms with Crippen LogP contribution in [0.25, 0.3) is 0 Å². The van der Waals surface area contributed by atoms with E-state index in [0.717, 1.165) is 19.3 Å². The van der Waals surface area contributed by atoms with Crippen LogP contribution < -0.4 is 11.1 Å². The lowest BCUT2D eigenvalue weighted by Crippen LogP contribution is -2.47. The minimum absolute atomic E-state index is 0.0450. The smallest absolute Gasteiger partial charge is 0.305 e. The molecule has 21 heavy (non-hydrogen) atoms. The van der Waals surface area contributed by atoms with Crippen LogP contribution in [0.2, 0.25) is 0 Å². The maximum atomic E-state index is 12.0. The van der Waals surface area contributed by atoms with Crippen LogP contribution in [0.1, 0.15) is 66.2 Å². The molecule has 0 saturated heterocycles. The van der Waals surface area contributed by atoms with E-state index in [-0.39, 0.29) is 18.4 Å². The number of nitrogens with one attached hydrogen (secondary N) is 1. The largest absolute Gasteiger partial charge is 0.481 e. The molecule has 0 aliphatic rings. The van der Waals surface area contributed by atoms with Crippen molar-refractivity contribution in [3.63, 3.8) is 0 Å². The summed E-state index contributed by atoms with van der Waals surface area (Å²) in [6.45, 7) is 8.25. The number of carboxylic acid groups (broad SMARTS) is 1. The third kappa shape index (κ3) is 10.3. The van der Waals surface area contributed by atoms with Gasteiger partial charge in [-0.1, -0.05) is 47.0 Å². The summed E-state index contributed by atoms with van der Waals surface area (Å²) in [6.07, 6.45) is 4.56. The lowest BCUT2D eigenvalue weighted by molar-refractivity contribution is -0.137. The molecule has 0 aliphatic heterocycles. The monoisotopic (exact) mass is 300 g/mol. The van der Waals surface area contributed by atoms with Gasteiger partial charge in [-0.25, -0.2) is 0 Å². The van der Waals surface area contributed by atoms with Gasteiger partial charge in [0.2, 0.25) is 5.91 Å². The zero-order valence-corrected chi connectivity index (χ0v) is 13.9. The van der Waals surface area contributed by atoms with Crippen LogP contribution in [-0.2, 0) is 9.59 Å². The van der Waals surface area contributed by atoms with Gasteiger partial charge in [0.05, 0.1) is 12.5 Å². The van der Waals surface area contributed by atoms with Crippen molar-refractivity contribution in [2.24, 2.45) is 17.6 Å². The minimum Gasteiger partial charge on any atom is -0.481 e. The van der Waals surface area contributed by atoms with Gasteiger partial charge in [-0.05, 0) is 24.7 Å². The second-order valence-corrected chi connectivity index (χ2v) is 6.52. The third-order valence-corrected chi connectivity index (χ3v) is 3.57. The third-order valence-electron chi connectivity index (χ3n) is 3.57. The zero-order chi connectivity index (χ0) is 16.4. The van der Waals surface area contributed by atoms with E-state index < -0.39 is 12.0 Å². The lowest BCUT2D eigenvalue weighted by atomic mass is 9.94. The molecule has 5 heteroatoms. The highest BCUT2D eigenvalue weighted by Crippen LogP contribution is 2.16. The molecule has 0 rings (SSSR count). The summed E-state index contributed by atoms with van der Waals surface area (Å²) in [5.74, 6) is -0.388. The van der Waals surface area contributed by atoms with Crippen LogP contribution in [0.4, 0.5) is 0 Å². The molecule has 0 heterocycles. The van der Waals surface area contributed by atoms with Crippen molar-refractivity contribution in [1.82, 2.24) is 5.32 Å². The van der Waals surface area contributed by atoms with Gasteiger partial charge >= 0.3 is 5.97 Å². The number of carboxylic acids is 1. The van der Waals surface area contributed by atoms with E-state index in [4.69, 9.17) is 10.8 Å². The summed E-state index contributed by atoms with van der Waals surface area (Å²) in [7, 11) is 0. The summed E-state index contributed by atoms with van der Waals surface area (Å²) in [4.78, 5) is 23.0. The first-order valence-corrected chi connectivity index (χ1v) is 8.03.